The lowest BCUT2D eigenvalue weighted by Gasteiger charge is -2.01. The van der Waals surface area contributed by atoms with Gasteiger partial charge in [0.25, 0.3) is 20.9 Å². The molecule has 2 heterocycles. The van der Waals surface area contributed by atoms with Crippen molar-refractivity contribution < 1.29 is 30.7 Å². The highest BCUT2D eigenvalue weighted by atomic mass is 32.2. The number of fused-ring (bicyclic) bond motifs is 1. The highest BCUT2D eigenvalue weighted by Crippen LogP contribution is 2.29. The van der Waals surface area contributed by atoms with E-state index in [0.29, 0.717) is 34.7 Å². The van der Waals surface area contributed by atoms with Gasteiger partial charge in [-0.05, 0) is 36.4 Å². The van der Waals surface area contributed by atoms with Crippen LogP contribution in [-0.2, 0) is 16.7 Å². The standard InChI is InChI=1S/C23H19F2NO4S3/c24-23(25)31-18-10-6-16(7-11-18)20-12-8-17(30-20)9-13-22-26(14-3-15-33(27,28)29)19-4-1-2-5-21(19)32-22/h1-2,4-13,23H,3,14-15H2/p+1. The van der Waals surface area contributed by atoms with Crippen LogP contribution in [0.4, 0.5) is 8.78 Å². The number of thioether (sulfide) groups is 1. The summed E-state index contributed by atoms with van der Waals surface area (Å²) in [5, 5.41) is 0.915. The molecule has 0 amide bonds. The summed E-state index contributed by atoms with van der Waals surface area (Å²) in [6, 6.07) is 18.2. The lowest BCUT2D eigenvalue weighted by atomic mass is 10.2. The lowest BCUT2D eigenvalue weighted by Crippen LogP contribution is -2.35. The predicted octanol–water partition coefficient (Wildman–Crippen LogP) is 6.21. The van der Waals surface area contributed by atoms with Crippen molar-refractivity contribution in [1.82, 2.24) is 0 Å². The highest BCUT2D eigenvalue weighted by Gasteiger charge is 2.19. The van der Waals surface area contributed by atoms with Crippen molar-refractivity contribution in [3.8, 4) is 11.3 Å². The van der Waals surface area contributed by atoms with Crippen LogP contribution >= 0.6 is 23.1 Å². The zero-order valence-corrected chi connectivity index (χ0v) is 19.7. The molecule has 0 radical (unpaired) electrons. The Bertz CT molecular complexity index is 1380. The number of halogens is 2. The van der Waals surface area contributed by atoms with Crippen LogP contribution in [0.25, 0.3) is 33.7 Å². The molecule has 0 unspecified atom stereocenters. The van der Waals surface area contributed by atoms with E-state index in [4.69, 9.17) is 8.97 Å². The van der Waals surface area contributed by atoms with E-state index < -0.39 is 15.9 Å². The van der Waals surface area contributed by atoms with Gasteiger partial charge < -0.3 is 4.42 Å². The molecule has 0 aliphatic rings. The lowest BCUT2D eigenvalue weighted by molar-refractivity contribution is -0.668. The second kappa shape index (κ2) is 10.2. The molecule has 0 saturated carbocycles. The summed E-state index contributed by atoms with van der Waals surface area (Å²) in [4.78, 5) is 0.490. The first kappa shape index (κ1) is 23.6. The quantitative estimate of drug-likeness (QED) is 0.165. The summed E-state index contributed by atoms with van der Waals surface area (Å²) >= 11 is 2.07. The minimum absolute atomic E-state index is 0.288. The third-order valence-electron chi connectivity index (χ3n) is 4.80. The fourth-order valence-corrected chi connectivity index (χ4v) is 5.45. The molecular formula is C23H20F2NO4S3+. The summed E-state index contributed by atoms with van der Waals surface area (Å²) in [5.74, 6) is -1.51. The van der Waals surface area contributed by atoms with Crippen molar-refractivity contribution in [3.05, 3.63) is 71.4 Å². The maximum Gasteiger partial charge on any atom is 0.288 e. The van der Waals surface area contributed by atoms with Crippen LogP contribution in [-0.4, -0.2) is 24.5 Å². The monoisotopic (exact) mass is 508 g/mol. The molecule has 1 N–H and O–H groups in total. The molecule has 10 heteroatoms. The molecule has 2 aromatic heterocycles. The van der Waals surface area contributed by atoms with Crippen LogP contribution in [0.3, 0.4) is 0 Å². The molecule has 0 atom stereocenters. The normalized spacial score (nSPS) is 12.4. The van der Waals surface area contributed by atoms with Gasteiger partial charge in [-0.3, -0.25) is 4.55 Å². The number of hydrogen-bond acceptors (Lipinski definition) is 5. The Kier molecular flexibility index (Phi) is 7.28. The van der Waals surface area contributed by atoms with Gasteiger partial charge in [0.15, 0.2) is 6.54 Å². The maximum atomic E-state index is 12.5. The molecule has 2 aromatic carbocycles. The molecule has 0 bridgehead atoms. The van der Waals surface area contributed by atoms with Gasteiger partial charge in [-0.1, -0.05) is 47.4 Å². The number of alkyl halides is 2. The van der Waals surface area contributed by atoms with Gasteiger partial charge in [-0.25, -0.2) is 0 Å². The summed E-state index contributed by atoms with van der Waals surface area (Å²) in [6.45, 7) is 0.440. The van der Waals surface area contributed by atoms with Crippen molar-refractivity contribution in [2.24, 2.45) is 0 Å². The van der Waals surface area contributed by atoms with Crippen LogP contribution in [0.2, 0.25) is 0 Å². The van der Waals surface area contributed by atoms with Gasteiger partial charge in [-0.15, -0.1) is 0 Å². The van der Waals surface area contributed by atoms with E-state index in [2.05, 4.69) is 0 Å². The summed E-state index contributed by atoms with van der Waals surface area (Å²) in [6.07, 6.45) is 4.02. The van der Waals surface area contributed by atoms with Crippen molar-refractivity contribution >= 4 is 55.6 Å². The van der Waals surface area contributed by atoms with E-state index in [1.165, 1.54) is 0 Å². The summed E-state index contributed by atoms with van der Waals surface area (Å²) in [5.41, 5.74) is 1.77. The largest absolute Gasteiger partial charge is 0.457 e. The average Bonchev–Trinajstić information content (AvgIpc) is 3.36. The Morgan fingerprint density at radius 1 is 1.06 bits per heavy atom. The van der Waals surface area contributed by atoms with Crippen molar-refractivity contribution in [2.75, 3.05) is 5.75 Å². The molecule has 4 rings (SSSR count). The molecule has 172 valence electrons. The number of benzene rings is 2. The first-order valence-electron chi connectivity index (χ1n) is 9.98. The third kappa shape index (κ3) is 6.29. The van der Waals surface area contributed by atoms with E-state index in [0.717, 1.165) is 20.8 Å². The van der Waals surface area contributed by atoms with E-state index in [1.807, 2.05) is 53.1 Å². The van der Waals surface area contributed by atoms with Crippen molar-refractivity contribution in [1.29, 1.82) is 0 Å². The topological polar surface area (TPSA) is 71.4 Å². The maximum absolute atomic E-state index is 12.5. The van der Waals surface area contributed by atoms with Crippen LogP contribution < -0.4 is 4.57 Å². The molecule has 33 heavy (non-hydrogen) atoms. The van der Waals surface area contributed by atoms with Crippen LogP contribution in [0.5, 0.6) is 0 Å². The molecule has 5 nitrogen and oxygen atoms in total. The number of furan rings is 1. The molecule has 0 aliphatic carbocycles. The zero-order valence-electron chi connectivity index (χ0n) is 17.2. The smallest absolute Gasteiger partial charge is 0.288 e. The van der Waals surface area contributed by atoms with Gasteiger partial charge in [-0.2, -0.15) is 21.8 Å². The van der Waals surface area contributed by atoms with Gasteiger partial charge in [0.2, 0.25) is 5.52 Å². The summed E-state index contributed by atoms with van der Waals surface area (Å²) in [7, 11) is -4.01. The molecule has 0 spiro atoms. The number of rotatable bonds is 9. The van der Waals surface area contributed by atoms with E-state index in [1.54, 1.807) is 35.6 Å². The predicted molar refractivity (Wildman–Crippen MR) is 128 cm³/mol. The molecule has 0 saturated heterocycles. The molecule has 4 aromatic rings. The van der Waals surface area contributed by atoms with Gasteiger partial charge in [0.05, 0.1) is 5.75 Å². The van der Waals surface area contributed by atoms with E-state index in [9.17, 15) is 17.2 Å². The number of aryl methyl sites for hydroxylation is 1. The van der Waals surface area contributed by atoms with Crippen LogP contribution in [0.15, 0.2) is 70.0 Å². The second-order valence-corrected chi connectivity index (χ2v) is 10.8. The SMILES string of the molecule is O=S(=O)(O)CCC[n+]1c(C=Cc2ccc(-c3ccc(SC(F)F)cc3)o2)sc2ccccc21. The molecular weight excluding hydrogens is 488 g/mol. The fraction of sp³-hybridized carbons (Fsp3) is 0.174. The minimum atomic E-state index is -4.01. The number of para-hydroxylation sites is 1. The third-order valence-corrected chi connectivity index (χ3v) is 7.46. The highest BCUT2D eigenvalue weighted by molar-refractivity contribution is 7.99. The molecule has 0 fully saturated rings. The second-order valence-electron chi connectivity index (χ2n) is 7.14. The minimum Gasteiger partial charge on any atom is -0.457 e. The van der Waals surface area contributed by atoms with Crippen molar-refractivity contribution in [2.45, 2.75) is 23.6 Å². The Hall–Kier alpha value is -2.53. The Balaban J connectivity index is 1.54. The first-order chi connectivity index (χ1) is 15.8. The fourth-order valence-electron chi connectivity index (χ4n) is 3.36. The Morgan fingerprint density at radius 3 is 2.55 bits per heavy atom. The average molecular weight is 509 g/mol. The number of hydrogen-bond donors (Lipinski definition) is 1. The zero-order chi connectivity index (χ0) is 23.4. The van der Waals surface area contributed by atoms with E-state index >= 15 is 0 Å². The van der Waals surface area contributed by atoms with E-state index in [-0.39, 0.29) is 12.2 Å². The van der Waals surface area contributed by atoms with Crippen LogP contribution in [0.1, 0.15) is 17.2 Å². The van der Waals surface area contributed by atoms with Gasteiger partial charge >= 0.3 is 0 Å². The first-order valence-corrected chi connectivity index (χ1v) is 13.3. The number of thiazole rings is 1. The Morgan fingerprint density at radius 2 is 1.82 bits per heavy atom. The number of nitrogens with zero attached hydrogens (tertiary/aromatic N) is 1. The molecule has 0 aliphatic heterocycles. The summed E-state index contributed by atoms with van der Waals surface area (Å²) < 4.78 is 65.2. The Labute approximate surface area is 198 Å². The van der Waals surface area contributed by atoms with Gasteiger partial charge in [0, 0.05) is 29.0 Å². The number of aromatic nitrogens is 1. The van der Waals surface area contributed by atoms with Crippen LogP contribution in [0, 0.1) is 0 Å². The van der Waals surface area contributed by atoms with Crippen molar-refractivity contribution in [3.63, 3.8) is 0 Å². The van der Waals surface area contributed by atoms with Gasteiger partial charge in [0.1, 0.15) is 16.2 Å².